The molecule has 12 heteroatoms. The SMILES string of the molecule is COc1ccc(C[C@H]2C(=O)OC[C@H](NC(=O)c3nccc(OC)c3O)C(=O)O[C@@H](C)[C@@H]2OC(=O)C(C)C)cc1. The van der Waals surface area contributed by atoms with Gasteiger partial charge >= 0.3 is 17.9 Å². The number of cyclic esters (lactones) is 2. The van der Waals surface area contributed by atoms with Crippen LogP contribution in [0, 0.1) is 11.8 Å². The van der Waals surface area contributed by atoms with E-state index >= 15 is 0 Å². The third-order valence-corrected chi connectivity index (χ3v) is 6.11. The minimum Gasteiger partial charge on any atom is -0.503 e. The van der Waals surface area contributed by atoms with Crippen LogP contribution in [0.5, 0.6) is 17.2 Å². The largest absolute Gasteiger partial charge is 0.503 e. The van der Waals surface area contributed by atoms with Gasteiger partial charge in [0.05, 0.1) is 20.1 Å². The molecular weight excluding hydrogens is 512 g/mol. The molecule has 1 aliphatic heterocycles. The van der Waals surface area contributed by atoms with E-state index in [1.807, 2.05) is 0 Å². The molecule has 2 heterocycles. The molecular formula is C27H32N2O10. The highest BCUT2D eigenvalue weighted by Gasteiger charge is 2.42. The second-order valence-electron chi connectivity index (χ2n) is 9.22. The van der Waals surface area contributed by atoms with Crippen molar-refractivity contribution < 1.29 is 48.0 Å². The molecule has 1 aliphatic rings. The fourth-order valence-electron chi connectivity index (χ4n) is 3.89. The van der Waals surface area contributed by atoms with Gasteiger partial charge in [-0.15, -0.1) is 0 Å². The Morgan fingerprint density at radius 2 is 1.79 bits per heavy atom. The van der Waals surface area contributed by atoms with Crippen LogP contribution in [0.3, 0.4) is 0 Å². The van der Waals surface area contributed by atoms with Crippen molar-refractivity contribution in [2.45, 2.75) is 45.4 Å². The molecule has 0 saturated carbocycles. The summed E-state index contributed by atoms with van der Waals surface area (Å²) >= 11 is 0. The number of nitrogens with one attached hydrogen (secondary N) is 1. The summed E-state index contributed by atoms with van der Waals surface area (Å²) in [7, 11) is 2.83. The van der Waals surface area contributed by atoms with Crippen LogP contribution >= 0.6 is 0 Å². The maximum Gasteiger partial charge on any atom is 0.332 e. The Morgan fingerprint density at radius 1 is 1.10 bits per heavy atom. The number of methoxy groups -OCH3 is 2. The molecule has 2 aromatic rings. The Kier molecular flexibility index (Phi) is 9.69. The van der Waals surface area contributed by atoms with Gasteiger partial charge < -0.3 is 34.1 Å². The van der Waals surface area contributed by atoms with Gasteiger partial charge in [-0.3, -0.25) is 14.4 Å². The van der Waals surface area contributed by atoms with Gasteiger partial charge in [0.1, 0.15) is 24.4 Å². The molecule has 1 saturated heterocycles. The lowest BCUT2D eigenvalue weighted by atomic mass is 9.91. The number of rotatable bonds is 8. The van der Waals surface area contributed by atoms with Crippen molar-refractivity contribution in [3.05, 3.63) is 47.8 Å². The molecule has 3 rings (SSSR count). The van der Waals surface area contributed by atoms with Gasteiger partial charge in [-0.2, -0.15) is 0 Å². The average molecular weight is 545 g/mol. The van der Waals surface area contributed by atoms with Gasteiger partial charge in [-0.05, 0) is 31.0 Å². The quantitative estimate of drug-likeness (QED) is 0.369. The topological polar surface area (TPSA) is 160 Å². The highest BCUT2D eigenvalue weighted by Crippen LogP contribution is 2.28. The van der Waals surface area contributed by atoms with Crippen LogP contribution in [0.1, 0.15) is 36.8 Å². The Labute approximate surface area is 225 Å². The molecule has 39 heavy (non-hydrogen) atoms. The van der Waals surface area contributed by atoms with E-state index in [1.165, 1.54) is 33.4 Å². The second kappa shape index (κ2) is 12.9. The number of pyridine rings is 1. The van der Waals surface area contributed by atoms with Crippen molar-refractivity contribution in [3.8, 4) is 17.2 Å². The lowest BCUT2D eigenvalue weighted by Gasteiger charge is -2.29. The van der Waals surface area contributed by atoms with E-state index in [-0.39, 0.29) is 12.2 Å². The molecule has 12 nitrogen and oxygen atoms in total. The summed E-state index contributed by atoms with van der Waals surface area (Å²) < 4.78 is 26.8. The molecule has 0 radical (unpaired) electrons. The molecule has 0 bridgehead atoms. The lowest BCUT2D eigenvalue weighted by Crippen LogP contribution is -2.47. The number of carbonyl (C=O) groups excluding carboxylic acids is 4. The average Bonchev–Trinajstić information content (AvgIpc) is 2.95. The van der Waals surface area contributed by atoms with Crippen LogP contribution in [0.4, 0.5) is 0 Å². The molecule has 1 amide bonds. The number of nitrogens with zero attached hydrogens (tertiary/aromatic N) is 1. The standard InChI is InChI=1S/C27H32N2O10/c1-14(2)25(32)39-23-15(3)38-27(34)19(29-24(31)21-22(30)20(36-5)10-11-28-21)13-37-26(33)18(23)12-16-6-8-17(35-4)9-7-16/h6-11,14-15,18-19,23,30H,12-13H2,1-5H3,(H,29,31)/t15-,18+,19-,23-/m0/s1. The lowest BCUT2D eigenvalue weighted by molar-refractivity contribution is -0.176. The maximum atomic E-state index is 13.3. The maximum absolute atomic E-state index is 13.3. The zero-order valence-electron chi connectivity index (χ0n) is 22.3. The van der Waals surface area contributed by atoms with Crippen LogP contribution in [-0.4, -0.2) is 73.0 Å². The minimum absolute atomic E-state index is 0.00317. The van der Waals surface area contributed by atoms with Gasteiger partial charge in [0, 0.05) is 12.3 Å². The van der Waals surface area contributed by atoms with E-state index < -0.39 is 72.0 Å². The number of aromatic hydroxyl groups is 1. The van der Waals surface area contributed by atoms with Crippen LogP contribution in [0.25, 0.3) is 0 Å². The number of benzene rings is 1. The molecule has 0 aliphatic carbocycles. The summed E-state index contributed by atoms with van der Waals surface area (Å²) in [5.41, 5.74) is 0.327. The van der Waals surface area contributed by atoms with E-state index in [2.05, 4.69) is 10.3 Å². The Bertz CT molecular complexity index is 1200. The third kappa shape index (κ3) is 7.15. The first kappa shape index (κ1) is 29.2. The number of amides is 1. The van der Waals surface area contributed by atoms with Crippen LogP contribution in [0.15, 0.2) is 36.5 Å². The van der Waals surface area contributed by atoms with E-state index in [9.17, 15) is 24.3 Å². The highest BCUT2D eigenvalue weighted by atomic mass is 16.6. The van der Waals surface area contributed by atoms with Gasteiger partial charge in [0.15, 0.2) is 29.3 Å². The van der Waals surface area contributed by atoms with E-state index in [1.54, 1.807) is 38.1 Å². The Morgan fingerprint density at radius 3 is 2.41 bits per heavy atom. The summed E-state index contributed by atoms with van der Waals surface area (Å²) in [6, 6.07) is 6.88. The number of carbonyl (C=O) groups is 4. The zero-order valence-corrected chi connectivity index (χ0v) is 22.3. The minimum atomic E-state index is -1.43. The molecule has 4 atom stereocenters. The van der Waals surface area contributed by atoms with Gasteiger partial charge in [0.2, 0.25) is 0 Å². The summed E-state index contributed by atoms with van der Waals surface area (Å²) in [4.78, 5) is 55.5. The zero-order chi connectivity index (χ0) is 28.7. The van der Waals surface area contributed by atoms with Crippen molar-refractivity contribution in [2.24, 2.45) is 11.8 Å². The van der Waals surface area contributed by atoms with Gasteiger partial charge in [-0.1, -0.05) is 26.0 Å². The van der Waals surface area contributed by atoms with Gasteiger partial charge in [-0.25, -0.2) is 9.78 Å². The molecule has 1 aromatic carbocycles. The molecule has 0 spiro atoms. The van der Waals surface area contributed by atoms with Crippen molar-refractivity contribution in [2.75, 3.05) is 20.8 Å². The number of hydrogen-bond donors (Lipinski definition) is 2. The van der Waals surface area contributed by atoms with Crippen molar-refractivity contribution >= 4 is 23.8 Å². The smallest absolute Gasteiger partial charge is 0.332 e. The summed E-state index contributed by atoms with van der Waals surface area (Å²) in [5.74, 6) is -4.62. The van der Waals surface area contributed by atoms with Crippen LogP contribution in [0.2, 0.25) is 0 Å². The van der Waals surface area contributed by atoms with Crippen LogP contribution in [-0.2, 0) is 35.0 Å². The number of hydrogen-bond acceptors (Lipinski definition) is 11. The Balaban J connectivity index is 1.88. The summed E-state index contributed by atoms with van der Waals surface area (Å²) in [5, 5.41) is 12.6. The van der Waals surface area contributed by atoms with E-state index in [0.717, 1.165) is 5.56 Å². The second-order valence-corrected chi connectivity index (χ2v) is 9.22. The monoisotopic (exact) mass is 544 g/mol. The first-order valence-corrected chi connectivity index (χ1v) is 12.3. The van der Waals surface area contributed by atoms with E-state index in [4.69, 9.17) is 23.7 Å². The Hall–Kier alpha value is -4.35. The summed E-state index contributed by atoms with van der Waals surface area (Å²) in [6.07, 6.45) is -0.887. The first-order valence-electron chi connectivity index (χ1n) is 12.3. The van der Waals surface area contributed by atoms with Crippen molar-refractivity contribution in [1.82, 2.24) is 10.3 Å². The molecule has 1 aromatic heterocycles. The third-order valence-electron chi connectivity index (χ3n) is 6.11. The summed E-state index contributed by atoms with van der Waals surface area (Å²) in [6.45, 7) is 4.20. The van der Waals surface area contributed by atoms with Gasteiger partial charge in [0.25, 0.3) is 5.91 Å². The van der Waals surface area contributed by atoms with Crippen molar-refractivity contribution in [1.29, 1.82) is 0 Å². The molecule has 1 fully saturated rings. The van der Waals surface area contributed by atoms with Crippen LogP contribution < -0.4 is 14.8 Å². The predicted octanol–water partition coefficient (Wildman–Crippen LogP) is 1.82. The fraction of sp³-hybridized carbons (Fsp3) is 0.444. The number of ether oxygens (including phenoxy) is 5. The normalized spacial score (nSPS) is 21.5. The van der Waals surface area contributed by atoms with Crippen molar-refractivity contribution in [3.63, 3.8) is 0 Å². The predicted molar refractivity (Wildman–Crippen MR) is 135 cm³/mol. The fourth-order valence-corrected chi connectivity index (χ4v) is 3.89. The number of esters is 3. The molecule has 0 unspecified atom stereocenters. The van der Waals surface area contributed by atoms with E-state index in [0.29, 0.717) is 5.75 Å². The molecule has 2 N–H and O–H groups in total. The first-order chi connectivity index (χ1) is 18.5. The highest BCUT2D eigenvalue weighted by molar-refractivity contribution is 5.98. The number of aromatic nitrogens is 1. The molecule has 210 valence electrons.